The molecule has 1 N–H and O–H groups in total. The Kier molecular flexibility index (Phi) is 9.26. The van der Waals surface area contributed by atoms with E-state index in [0.29, 0.717) is 43.7 Å². The Bertz CT molecular complexity index is 718. The summed E-state index contributed by atoms with van der Waals surface area (Å²) >= 11 is 0. The van der Waals surface area contributed by atoms with Crippen LogP contribution in [-0.4, -0.2) is 47.2 Å². The molecule has 1 heterocycles. The molecule has 0 unspecified atom stereocenters. The van der Waals surface area contributed by atoms with Crippen LogP contribution in [0.15, 0.2) is 18.3 Å². The van der Waals surface area contributed by atoms with Crippen molar-refractivity contribution in [3.8, 4) is 0 Å². The number of ether oxygens (including phenoxy) is 2. The molecule has 0 saturated carbocycles. The van der Waals surface area contributed by atoms with Gasteiger partial charge < -0.3 is 14.8 Å². The summed E-state index contributed by atoms with van der Waals surface area (Å²) in [5, 5.41) is 2.67. The number of alkyl carbamates (subject to hydrolysis) is 1. The van der Waals surface area contributed by atoms with Gasteiger partial charge in [0.25, 0.3) is 0 Å². The molecular weight excluding hydrogens is 386 g/mol. The van der Waals surface area contributed by atoms with Gasteiger partial charge in [0.05, 0.1) is 0 Å². The smallest absolute Gasteiger partial charge is 0.415 e. The molecule has 0 atom stereocenters. The minimum Gasteiger partial charge on any atom is -0.444 e. The Morgan fingerprint density at radius 3 is 2.13 bits per heavy atom. The fourth-order valence-electron chi connectivity index (χ4n) is 2.47. The number of pyridine rings is 1. The summed E-state index contributed by atoms with van der Waals surface area (Å²) in [5.74, 6) is 0.400. The van der Waals surface area contributed by atoms with E-state index in [1.807, 2.05) is 6.92 Å². The Morgan fingerprint density at radius 2 is 1.63 bits per heavy atom. The standard InChI is InChI=1S/C22H35N3O5/c1-8-25(20(28)30-22(5,6)7)18-13-12-16(15-24-18)17(26)11-9-10-14-23-19(27)29-21(2,3)4/h12-13,15H,8-11,14H2,1-7H3,(H,23,27). The Balaban J connectivity index is 2.49. The number of anilines is 1. The van der Waals surface area contributed by atoms with E-state index in [1.54, 1.807) is 53.7 Å². The highest BCUT2D eigenvalue weighted by atomic mass is 16.6. The molecule has 2 amide bonds. The first-order chi connectivity index (χ1) is 13.8. The van der Waals surface area contributed by atoms with Crippen LogP contribution in [0.5, 0.6) is 0 Å². The van der Waals surface area contributed by atoms with Crippen LogP contribution in [0.1, 0.15) is 78.1 Å². The highest BCUT2D eigenvalue weighted by Crippen LogP contribution is 2.17. The van der Waals surface area contributed by atoms with Crippen LogP contribution >= 0.6 is 0 Å². The van der Waals surface area contributed by atoms with Gasteiger partial charge in [-0.1, -0.05) is 0 Å². The second-order valence-electron chi connectivity index (χ2n) is 8.94. The maximum atomic E-state index is 12.3. The number of aromatic nitrogens is 1. The molecule has 0 saturated heterocycles. The van der Waals surface area contributed by atoms with Gasteiger partial charge >= 0.3 is 12.2 Å². The van der Waals surface area contributed by atoms with Crippen molar-refractivity contribution in [1.29, 1.82) is 0 Å². The molecule has 0 aliphatic carbocycles. The van der Waals surface area contributed by atoms with Crippen LogP contribution in [-0.2, 0) is 9.47 Å². The van der Waals surface area contributed by atoms with E-state index in [2.05, 4.69) is 10.3 Å². The molecule has 0 spiro atoms. The molecule has 0 radical (unpaired) electrons. The lowest BCUT2D eigenvalue weighted by atomic mass is 10.1. The van der Waals surface area contributed by atoms with Crippen LogP contribution in [0, 0.1) is 0 Å². The molecule has 0 aliphatic heterocycles. The van der Waals surface area contributed by atoms with E-state index in [-0.39, 0.29) is 5.78 Å². The Morgan fingerprint density at radius 1 is 1.00 bits per heavy atom. The predicted octanol–water partition coefficient (Wildman–Crippen LogP) is 4.72. The first-order valence-electron chi connectivity index (χ1n) is 10.3. The quantitative estimate of drug-likeness (QED) is 0.482. The van der Waals surface area contributed by atoms with Crippen LogP contribution in [0.4, 0.5) is 15.4 Å². The molecule has 8 heteroatoms. The molecule has 30 heavy (non-hydrogen) atoms. The summed E-state index contributed by atoms with van der Waals surface area (Å²) in [6.07, 6.45) is 2.19. The summed E-state index contributed by atoms with van der Waals surface area (Å²) in [6.45, 7) is 13.5. The van der Waals surface area contributed by atoms with Gasteiger partial charge in [-0.15, -0.1) is 0 Å². The van der Waals surface area contributed by atoms with Crippen molar-refractivity contribution in [3.63, 3.8) is 0 Å². The fraction of sp³-hybridized carbons (Fsp3) is 0.636. The zero-order valence-corrected chi connectivity index (χ0v) is 19.2. The van der Waals surface area contributed by atoms with Crippen molar-refractivity contribution in [1.82, 2.24) is 10.3 Å². The highest BCUT2D eigenvalue weighted by molar-refractivity contribution is 5.96. The van der Waals surface area contributed by atoms with Gasteiger partial charge in [0.2, 0.25) is 0 Å². The number of ketones is 1. The number of nitrogens with one attached hydrogen (secondary N) is 1. The van der Waals surface area contributed by atoms with E-state index in [0.717, 1.165) is 0 Å². The van der Waals surface area contributed by atoms with E-state index in [9.17, 15) is 14.4 Å². The molecule has 1 rings (SSSR count). The molecule has 168 valence electrons. The van der Waals surface area contributed by atoms with Crippen LogP contribution in [0.3, 0.4) is 0 Å². The highest BCUT2D eigenvalue weighted by Gasteiger charge is 2.23. The molecular formula is C22H35N3O5. The molecule has 1 aromatic heterocycles. The van der Waals surface area contributed by atoms with Gasteiger partial charge in [0.15, 0.2) is 5.78 Å². The number of carbonyl (C=O) groups is 3. The largest absolute Gasteiger partial charge is 0.444 e. The molecule has 0 aliphatic rings. The van der Waals surface area contributed by atoms with Crippen molar-refractivity contribution in [2.45, 2.75) is 78.9 Å². The molecule has 1 aromatic rings. The first-order valence-corrected chi connectivity index (χ1v) is 10.3. The number of unbranched alkanes of at least 4 members (excludes halogenated alkanes) is 1. The summed E-state index contributed by atoms with van der Waals surface area (Å²) in [4.78, 5) is 41.9. The Hall–Kier alpha value is -2.64. The van der Waals surface area contributed by atoms with Crippen molar-refractivity contribution >= 4 is 23.8 Å². The second kappa shape index (κ2) is 10.9. The lowest BCUT2D eigenvalue weighted by Gasteiger charge is -2.25. The third-order valence-corrected chi connectivity index (χ3v) is 3.78. The van der Waals surface area contributed by atoms with E-state index < -0.39 is 23.4 Å². The van der Waals surface area contributed by atoms with Crippen LogP contribution < -0.4 is 10.2 Å². The molecule has 0 fully saturated rings. The third-order valence-electron chi connectivity index (χ3n) is 3.78. The van der Waals surface area contributed by atoms with Gasteiger partial charge in [-0.25, -0.2) is 14.6 Å². The maximum Gasteiger partial charge on any atom is 0.415 e. The monoisotopic (exact) mass is 421 g/mol. The van der Waals surface area contributed by atoms with Gasteiger partial charge in [0.1, 0.15) is 17.0 Å². The number of carbonyl (C=O) groups excluding carboxylic acids is 3. The number of Topliss-reactive ketones (excluding diaryl/α,β-unsaturated/α-hetero) is 1. The molecule has 0 bridgehead atoms. The lowest BCUT2D eigenvalue weighted by molar-refractivity contribution is 0.0525. The van der Waals surface area contributed by atoms with Crippen LogP contribution in [0.25, 0.3) is 0 Å². The second-order valence-corrected chi connectivity index (χ2v) is 8.94. The normalized spacial score (nSPS) is 11.6. The SMILES string of the molecule is CCN(C(=O)OC(C)(C)C)c1ccc(C(=O)CCCCNC(=O)OC(C)(C)C)cn1. The van der Waals surface area contributed by atoms with Crippen molar-refractivity contribution in [2.24, 2.45) is 0 Å². The van der Waals surface area contributed by atoms with Gasteiger partial charge in [-0.05, 0) is 73.4 Å². The minimum absolute atomic E-state index is 0.0355. The summed E-state index contributed by atoms with van der Waals surface area (Å²) < 4.78 is 10.5. The Labute approximate surface area is 179 Å². The zero-order valence-electron chi connectivity index (χ0n) is 19.2. The topological polar surface area (TPSA) is 97.8 Å². The summed E-state index contributed by atoms with van der Waals surface area (Å²) in [6, 6.07) is 3.31. The van der Waals surface area contributed by atoms with E-state index in [4.69, 9.17) is 9.47 Å². The first kappa shape index (κ1) is 25.4. The third kappa shape index (κ3) is 9.71. The summed E-state index contributed by atoms with van der Waals surface area (Å²) in [5.41, 5.74) is -0.645. The van der Waals surface area contributed by atoms with Crippen LogP contribution in [0.2, 0.25) is 0 Å². The zero-order chi connectivity index (χ0) is 22.9. The number of rotatable bonds is 8. The number of amides is 2. The van der Waals surface area contributed by atoms with Crippen molar-refractivity contribution in [3.05, 3.63) is 23.9 Å². The number of hydrogen-bond acceptors (Lipinski definition) is 6. The number of hydrogen-bond donors (Lipinski definition) is 1. The van der Waals surface area contributed by atoms with Gasteiger partial charge in [-0.2, -0.15) is 0 Å². The molecule has 8 nitrogen and oxygen atoms in total. The minimum atomic E-state index is -0.598. The van der Waals surface area contributed by atoms with Crippen molar-refractivity contribution < 1.29 is 23.9 Å². The van der Waals surface area contributed by atoms with E-state index >= 15 is 0 Å². The predicted molar refractivity (Wildman–Crippen MR) is 116 cm³/mol. The summed E-state index contributed by atoms with van der Waals surface area (Å²) in [7, 11) is 0. The number of nitrogens with zero attached hydrogens (tertiary/aromatic N) is 2. The van der Waals surface area contributed by atoms with Gasteiger partial charge in [-0.3, -0.25) is 9.69 Å². The maximum absolute atomic E-state index is 12.3. The van der Waals surface area contributed by atoms with E-state index in [1.165, 1.54) is 11.1 Å². The van der Waals surface area contributed by atoms with Crippen molar-refractivity contribution in [2.75, 3.05) is 18.0 Å². The molecule has 0 aromatic carbocycles. The average molecular weight is 422 g/mol. The fourth-order valence-corrected chi connectivity index (χ4v) is 2.47. The van der Waals surface area contributed by atoms with Gasteiger partial charge in [0, 0.05) is 31.3 Å². The lowest BCUT2D eigenvalue weighted by Crippen LogP contribution is -2.37. The average Bonchev–Trinajstić information content (AvgIpc) is 2.59.